The van der Waals surface area contributed by atoms with Gasteiger partial charge in [-0.1, -0.05) is 212 Å². The van der Waals surface area contributed by atoms with Gasteiger partial charge in [-0.2, -0.15) is 0 Å². The number of benzene rings is 22. The second kappa shape index (κ2) is 26.7. The zero-order valence-corrected chi connectivity index (χ0v) is 66.3. The Labute approximate surface area is 711 Å². The fourth-order valence-corrected chi connectivity index (χ4v) is 21.3. The van der Waals surface area contributed by atoms with Crippen LogP contribution in [0.2, 0.25) is 0 Å². The van der Waals surface area contributed by atoms with E-state index in [0.717, 1.165) is 188 Å². The fourth-order valence-electron chi connectivity index (χ4n) is 21.3. The second-order valence-electron chi connectivity index (χ2n) is 32.8. The number of furan rings is 2. The molecule has 0 radical (unpaired) electrons. The van der Waals surface area contributed by atoms with E-state index in [1.807, 2.05) is 127 Å². The average molecular weight is 1650 g/mol. The average Bonchev–Trinajstić information content (AvgIpc) is 1.50. The van der Waals surface area contributed by atoms with Crippen LogP contribution in [0.15, 0.2) is 295 Å². The van der Waals surface area contributed by atoms with Crippen molar-refractivity contribution in [3.8, 4) is 0 Å². The molecule has 22 aromatic carbocycles. The topological polar surface area (TPSA) is 268 Å². The van der Waals surface area contributed by atoms with Crippen molar-refractivity contribution in [2.24, 2.45) is 0 Å². The maximum atomic E-state index is 12.4. The van der Waals surface area contributed by atoms with Crippen molar-refractivity contribution in [3.05, 3.63) is 375 Å². The number of hydrogen-bond acceptors (Lipinski definition) is 18. The molecule has 18 nitrogen and oxygen atoms in total. The van der Waals surface area contributed by atoms with Gasteiger partial charge in [-0.25, -0.2) is 57.5 Å². The molecule has 6 aliphatic rings. The Bertz CT molecular complexity index is 9350. The molecule has 0 N–H and O–H groups in total. The highest BCUT2D eigenvalue weighted by atomic mass is 16.6. The van der Waals surface area contributed by atoms with Crippen LogP contribution < -0.4 is 22.5 Å². The molecule has 0 bridgehead atoms. The van der Waals surface area contributed by atoms with Gasteiger partial charge < -0.3 is 27.8 Å². The molecule has 0 unspecified atom stereocenters. The monoisotopic (exact) mass is 1650 g/mol. The van der Waals surface area contributed by atoms with E-state index in [0.29, 0.717) is 71.4 Å². The van der Waals surface area contributed by atoms with E-state index >= 15 is 0 Å². The Morgan fingerprint density at radius 2 is 0.520 bits per heavy atom. The molecule has 0 spiro atoms. The number of ether oxygens (including phenoxy) is 4. The van der Waals surface area contributed by atoms with Crippen molar-refractivity contribution in [2.45, 2.75) is 32.1 Å². The molecule has 2 aromatic heterocycles. The first kappa shape index (κ1) is 72.7. The molecular formula is C109H54O18. The number of esters is 8. The van der Waals surface area contributed by atoms with Crippen LogP contribution >= 0.6 is 0 Å². The van der Waals surface area contributed by atoms with Crippen LogP contribution in [0.25, 0.3) is 194 Å². The van der Waals surface area contributed by atoms with Crippen LogP contribution in [-0.4, -0.2) is 47.8 Å². The van der Waals surface area contributed by atoms with E-state index in [9.17, 15) is 57.5 Å². The van der Waals surface area contributed by atoms with Gasteiger partial charge in [0.05, 0.1) is 66.1 Å². The minimum absolute atomic E-state index is 0.362. The molecule has 0 amide bonds. The van der Waals surface area contributed by atoms with E-state index in [2.05, 4.69) is 102 Å². The Balaban J connectivity index is 0.0000000837. The number of carbonyl (C=O) groups is 8. The fraction of sp³-hybridized carbons (Fsp3) is 0.0459. The zero-order chi connectivity index (χ0) is 85.5. The maximum absolute atomic E-state index is 12.4. The van der Waals surface area contributed by atoms with Gasteiger partial charge >= 0.3 is 70.3 Å². The van der Waals surface area contributed by atoms with E-state index in [4.69, 9.17) is 23.0 Å². The van der Waals surface area contributed by atoms with Crippen LogP contribution in [0.4, 0.5) is 0 Å². The Hall–Kier alpha value is -17.1. The predicted molar refractivity (Wildman–Crippen MR) is 489 cm³/mol. The highest BCUT2D eigenvalue weighted by Crippen LogP contribution is 2.49. The van der Waals surface area contributed by atoms with E-state index in [1.54, 1.807) is 42.5 Å². The molecule has 30 rings (SSSR count). The molecule has 6 heterocycles. The summed E-state index contributed by atoms with van der Waals surface area (Å²) in [7, 11) is 0. The van der Waals surface area contributed by atoms with Crippen molar-refractivity contribution < 1.29 is 66.1 Å². The van der Waals surface area contributed by atoms with Gasteiger partial charge in [0.1, 0.15) is 0 Å². The number of aryl methyl sites for hydroxylation is 3. The van der Waals surface area contributed by atoms with E-state index in [1.165, 1.54) is 32.8 Å². The SMILES string of the molecule is O=C1OC(=O)c2c1ccc1c2CCC1.O=C1OC(=O)c2cc3cccc4ccc5ccc1c2c5c43.O=C1OC(=O)c2ccc3c4c(ccc1c24)CC3.O=C1OC(=O)c2ccc3c4cccc5cccc(c6ccc1c2c63)c54.O=c1oc(=O)c2c1cc1c3cccc4cccc(c5cccc2c51)c43.O=c1oc(=O)c2c1cc1cccc3c4cccc5cccc(c54)c2c13. The lowest BCUT2D eigenvalue weighted by atomic mass is 9.86. The van der Waals surface area contributed by atoms with Crippen LogP contribution in [0, 0.1) is 0 Å². The summed E-state index contributed by atoms with van der Waals surface area (Å²) < 4.78 is 28.8. The van der Waals surface area contributed by atoms with Crippen molar-refractivity contribution in [2.75, 3.05) is 0 Å². The summed E-state index contributed by atoms with van der Waals surface area (Å²) in [5.74, 6) is -4.30. The van der Waals surface area contributed by atoms with Crippen molar-refractivity contribution >= 4 is 242 Å². The van der Waals surface area contributed by atoms with Gasteiger partial charge in [0.2, 0.25) is 0 Å². The lowest BCUT2D eigenvalue weighted by Crippen LogP contribution is -2.19. The third-order valence-electron chi connectivity index (χ3n) is 26.5. The van der Waals surface area contributed by atoms with Crippen molar-refractivity contribution in [1.82, 2.24) is 0 Å². The highest BCUT2D eigenvalue weighted by molar-refractivity contribution is 6.41. The first-order chi connectivity index (χ1) is 62.0. The van der Waals surface area contributed by atoms with Crippen molar-refractivity contribution in [1.29, 1.82) is 0 Å². The highest BCUT2D eigenvalue weighted by Gasteiger charge is 2.37. The molecule has 598 valence electrons. The Kier molecular flexibility index (Phi) is 15.3. The Morgan fingerprint density at radius 3 is 1.06 bits per heavy atom. The number of hydrogen-bond donors (Lipinski definition) is 0. The summed E-state index contributed by atoms with van der Waals surface area (Å²) in [6, 6.07) is 86.9. The van der Waals surface area contributed by atoms with E-state index in [-0.39, 0.29) is 0 Å². The second-order valence-corrected chi connectivity index (χ2v) is 32.8. The van der Waals surface area contributed by atoms with Crippen molar-refractivity contribution in [3.63, 3.8) is 0 Å². The molecule has 0 fully saturated rings. The largest absolute Gasteiger partial charge is 0.386 e. The standard InChI is InChI=1S/3C22H10O3.C18H8O3.C14H8O3.C11H8O3/c23-21-16-10-12-6-3-8-14-13-7-1-4-11-5-2-9-15(17(11)13)19(18(12)14)20(16)22(24)25-21;23-21-17-10-16-14-7-2-5-11-4-1-6-12(18(11)14)13-8-3-9-15(19(13)16)20(17)22(24)25-21;23-21-16-9-7-14-12-5-1-3-11-4-2-6-13(18(11)12)15-8-10-17(22(24)25-21)20(16)19(14)15;19-17-12-7-6-10-5-4-9-2-1-3-11-8-13(18(20)21-17)16(12)15(10)14(9)11;15-13-9-5-3-7-1-2-8-4-6-10(14(16)17-13)12(9)11(7)8;12-10-8-5-4-6-2-1-3-7(6)9(8)11(13)14-10/h3*1-10H;1-8H;3-6H,1-2H2;4-5H,1-3H2. The molecule has 4 aliphatic heterocycles. The van der Waals surface area contributed by atoms with Gasteiger partial charge in [-0.05, 0) is 260 Å². The molecular weight excluding hydrogens is 1600 g/mol. The van der Waals surface area contributed by atoms with Gasteiger partial charge in [-0.15, -0.1) is 0 Å². The summed E-state index contributed by atoms with van der Waals surface area (Å²) in [6.07, 6.45) is 4.93. The third-order valence-corrected chi connectivity index (χ3v) is 26.5. The Morgan fingerprint density at radius 1 is 0.173 bits per heavy atom. The number of cyclic esters (lactones) is 8. The van der Waals surface area contributed by atoms with Crippen LogP contribution in [0.5, 0.6) is 0 Å². The molecule has 0 saturated carbocycles. The smallest absolute Gasteiger partial charge is 0.347 e. The quantitative estimate of drug-likeness (QED) is 0.0449. The lowest BCUT2D eigenvalue weighted by molar-refractivity contribution is 0.0373. The summed E-state index contributed by atoms with van der Waals surface area (Å²) in [4.78, 5) is 143. The number of carbonyl (C=O) groups excluding carboxylic acids is 8. The molecule has 18 heteroatoms. The molecule has 0 saturated heterocycles. The third kappa shape index (κ3) is 10.3. The maximum Gasteiger partial charge on any atom is 0.347 e. The van der Waals surface area contributed by atoms with Gasteiger partial charge in [0.15, 0.2) is 0 Å². The number of rotatable bonds is 0. The van der Waals surface area contributed by atoms with Crippen LogP contribution in [-0.2, 0) is 44.6 Å². The molecule has 0 atom stereocenters. The van der Waals surface area contributed by atoms with Gasteiger partial charge in [-0.3, -0.25) is 0 Å². The summed E-state index contributed by atoms with van der Waals surface area (Å²) in [5.41, 5.74) is 6.29. The molecule has 2 aliphatic carbocycles. The zero-order valence-electron chi connectivity index (χ0n) is 66.3. The van der Waals surface area contributed by atoms with Gasteiger partial charge in [0.25, 0.3) is 0 Å². The minimum Gasteiger partial charge on any atom is -0.386 e. The first-order valence-electron chi connectivity index (χ1n) is 41.4. The van der Waals surface area contributed by atoms with Crippen LogP contribution in [0.3, 0.4) is 0 Å². The van der Waals surface area contributed by atoms with Crippen LogP contribution in [0.1, 0.15) is 112 Å². The summed E-state index contributed by atoms with van der Waals surface area (Å²) >= 11 is 0. The minimum atomic E-state index is -0.571. The normalized spacial score (nSPS) is 14.2. The molecule has 127 heavy (non-hydrogen) atoms. The molecule has 24 aromatic rings. The number of fused-ring (bicyclic) bond motifs is 13. The van der Waals surface area contributed by atoms with E-state index < -0.39 is 70.3 Å². The first-order valence-corrected chi connectivity index (χ1v) is 41.4. The summed E-state index contributed by atoms with van der Waals surface area (Å²) in [5, 5.41) is 34.5. The van der Waals surface area contributed by atoms with Gasteiger partial charge in [0, 0.05) is 21.5 Å². The summed E-state index contributed by atoms with van der Waals surface area (Å²) in [6.45, 7) is 0. The predicted octanol–water partition coefficient (Wildman–Crippen LogP) is 22.0. The lowest BCUT2D eigenvalue weighted by Gasteiger charge is -2.20.